The second-order valence-corrected chi connectivity index (χ2v) is 4.55. The van der Waals surface area contributed by atoms with Crippen molar-refractivity contribution in [2.24, 2.45) is 0 Å². The van der Waals surface area contributed by atoms with Gasteiger partial charge in [-0.2, -0.15) is 0 Å². The predicted molar refractivity (Wildman–Crippen MR) is 70.9 cm³/mol. The molecule has 0 radical (unpaired) electrons. The SMILES string of the molecule is Cc1ccc(F)c(NCC(O)c2ccc(F)c(F)c2)c1. The van der Waals surface area contributed by atoms with Crippen molar-refractivity contribution in [3.05, 3.63) is 65.0 Å². The highest BCUT2D eigenvalue weighted by atomic mass is 19.2. The lowest BCUT2D eigenvalue weighted by Crippen LogP contribution is -2.13. The van der Waals surface area contributed by atoms with Crippen molar-refractivity contribution in [2.45, 2.75) is 13.0 Å². The van der Waals surface area contributed by atoms with Crippen LogP contribution in [0.2, 0.25) is 0 Å². The fourth-order valence-corrected chi connectivity index (χ4v) is 1.82. The molecule has 2 aromatic carbocycles. The Hall–Kier alpha value is -2.01. The van der Waals surface area contributed by atoms with Gasteiger partial charge in [0, 0.05) is 6.54 Å². The molecular weight excluding hydrogens is 267 g/mol. The van der Waals surface area contributed by atoms with Gasteiger partial charge in [-0.05, 0) is 42.3 Å². The molecule has 106 valence electrons. The van der Waals surface area contributed by atoms with Gasteiger partial charge in [0.15, 0.2) is 11.6 Å². The number of aryl methyl sites for hydroxylation is 1. The number of nitrogens with one attached hydrogen (secondary N) is 1. The molecule has 20 heavy (non-hydrogen) atoms. The molecule has 0 heterocycles. The zero-order valence-corrected chi connectivity index (χ0v) is 10.8. The second-order valence-electron chi connectivity index (χ2n) is 4.55. The van der Waals surface area contributed by atoms with Crippen LogP contribution in [-0.4, -0.2) is 11.7 Å². The lowest BCUT2D eigenvalue weighted by Gasteiger charge is -2.14. The number of aliphatic hydroxyl groups excluding tert-OH is 1. The Morgan fingerprint density at radius 1 is 1.00 bits per heavy atom. The molecule has 0 fully saturated rings. The maximum atomic E-state index is 13.5. The van der Waals surface area contributed by atoms with Crippen LogP contribution in [0.4, 0.5) is 18.9 Å². The summed E-state index contributed by atoms with van der Waals surface area (Å²) >= 11 is 0. The molecule has 0 amide bonds. The molecule has 0 saturated carbocycles. The molecule has 2 N–H and O–H groups in total. The van der Waals surface area contributed by atoms with E-state index in [0.29, 0.717) is 0 Å². The number of benzene rings is 2. The highest BCUT2D eigenvalue weighted by molar-refractivity contribution is 5.47. The first-order chi connectivity index (χ1) is 9.47. The molecule has 1 unspecified atom stereocenters. The Labute approximate surface area is 114 Å². The Kier molecular flexibility index (Phi) is 4.29. The molecule has 0 bridgehead atoms. The van der Waals surface area contributed by atoms with E-state index in [1.165, 1.54) is 12.1 Å². The molecule has 0 aromatic heterocycles. The number of hydrogen-bond acceptors (Lipinski definition) is 2. The monoisotopic (exact) mass is 281 g/mol. The standard InChI is InChI=1S/C15H14F3NO/c1-9-2-4-12(17)14(6-9)19-8-15(20)10-3-5-11(16)13(18)7-10/h2-7,15,19-20H,8H2,1H3. The molecule has 5 heteroatoms. The normalized spacial score (nSPS) is 12.2. The van der Waals surface area contributed by atoms with Gasteiger partial charge in [-0.3, -0.25) is 0 Å². The fraction of sp³-hybridized carbons (Fsp3) is 0.200. The van der Waals surface area contributed by atoms with Gasteiger partial charge in [0.05, 0.1) is 11.8 Å². The Morgan fingerprint density at radius 3 is 2.40 bits per heavy atom. The minimum absolute atomic E-state index is 0.00849. The van der Waals surface area contributed by atoms with E-state index >= 15 is 0 Å². The van der Waals surface area contributed by atoms with E-state index in [-0.39, 0.29) is 17.8 Å². The third-order valence-corrected chi connectivity index (χ3v) is 2.94. The number of rotatable bonds is 4. The van der Waals surface area contributed by atoms with Crippen LogP contribution in [-0.2, 0) is 0 Å². The minimum atomic E-state index is -1.06. The van der Waals surface area contributed by atoms with Crippen LogP contribution in [0.3, 0.4) is 0 Å². The summed E-state index contributed by atoms with van der Waals surface area (Å²) in [4.78, 5) is 0. The third-order valence-electron chi connectivity index (χ3n) is 2.94. The summed E-state index contributed by atoms with van der Waals surface area (Å²) in [6.07, 6.45) is -1.06. The van der Waals surface area contributed by atoms with Crippen molar-refractivity contribution in [1.82, 2.24) is 0 Å². The van der Waals surface area contributed by atoms with Gasteiger partial charge in [0.2, 0.25) is 0 Å². The van der Waals surface area contributed by atoms with Crippen LogP contribution in [0.15, 0.2) is 36.4 Å². The molecule has 0 aliphatic rings. The minimum Gasteiger partial charge on any atom is -0.387 e. The Morgan fingerprint density at radius 2 is 1.70 bits per heavy atom. The number of anilines is 1. The second kappa shape index (κ2) is 5.96. The van der Waals surface area contributed by atoms with Crippen molar-refractivity contribution in [1.29, 1.82) is 0 Å². The van der Waals surface area contributed by atoms with Gasteiger partial charge in [-0.1, -0.05) is 12.1 Å². The molecule has 2 rings (SSSR count). The first-order valence-corrected chi connectivity index (χ1v) is 6.10. The van der Waals surface area contributed by atoms with E-state index in [1.807, 2.05) is 6.92 Å². The molecule has 0 aliphatic carbocycles. The smallest absolute Gasteiger partial charge is 0.159 e. The van der Waals surface area contributed by atoms with Crippen LogP contribution < -0.4 is 5.32 Å². The van der Waals surface area contributed by atoms with E-state index in [1.54, 1.807) is 12.1 Å². The summed E-state index contributed by atoms with van der Waals surface area (Å²) in [6, 6.07) is 7.72. The Bertz CT molecular complexity index is 616. The lowest BCUT2D eigenvalue weighted by molar-refractivity contribution is 0.191. The van der Waals surface area contributed by atoms with Crippen molar-refractivity contribution in [2.75, 3.05) is 11.9 Å². The van der Waals surface area contributed by atoms with Crippen LogP contribution in [0.1, 0.15) is 17.2 Å². The zero-order chi connectivity index (χ0) is 14.7. The van der Waals surface area contributed by atoms with Crippen molar-refractivity contribution < 1.29 is 18.3 Å². The molecule has 0 spiro atoms. The zero-order valence-electron chi connectivity index (χ0n) is 10.8. The average Bonchev–Trinajstić information content (AvgIpc) is 2.42. The summed E-state index contributed by atoms with van der Waals surface area (Å²) in [5.74, 6) is -2.44. The predicted octanol–water partition coefficient (Wildman–Crippen LogP) is 3.56. The summed E-state index contributed by atoms with van der Waals surface area (Å²) in [6.45, 7) is 1.81. The largest absolute Gasteiger partial charge is 0.387 e. The molecule has 1 atom stereocenters. The van der Waals surface area contributed by atoms with Crippen molar-refractivity contribution in [3.8, 4) is 0 Å². The Balaban J connectivity index is 2.06. The number of aliphatic hydroxyl groups is 1. The van der Waals surface area contributed by atoms with Gasteiger partial charge in [0.25, 0.3) is 0 Å². The molecular formula is C15H14F3NO. The topological polar surface area (TPSA) is 32.3 Å². The summed E-state index contributed by atoms with van der Waals surface area (Å²) in [7, 11) is 0. The molecule has 2 nitrogen and oxygen atoms in total. The van der Waals surface area contributed by atoms with Crippen LogP contribution in [0.5, 0.6) is 0 Å². The van der Waals surface area contributed by atoms with Gasteiger partial charge < -0.3 is 10.4 Å². The van der Waals surface area contributed by atoms with Crippen LogP contribution in [0, 0.1) is 24.4 Å². The number of halogens is 3. The highest BCUT2D eigenvalue weighted by Gasteiger charge is 2.11. The summed E-state index contributed by atoms with van der Waals surface area (Å²) in [5, 5.41) is 12.6. The first kappa shape index (κ1) is 14.4. The summed E-state index contributed by atoms with van der Waals surface area (Å²) < 4.78 is 39.3. The van der Waals surface area contributed by atoms with Gasteiger partial charge in [-0.25, -0.2) is 13.2 Å². The van der Waals surface area contributed by atoms with E-state index in [4.69, 9.17) is 0 Å². The van der Waals surface area contributed by atoms with Crippen molar-refractivity contribution >= 4 is 5.69 Å². The molecule has 0 aliphatic heterocycles. The summed E-state index contributed by atoms with van der Waals surface area (Å²) in [5.41, 5.74) is 1.35. The van der Waals surface area contributed by atoms with Crippen LogP contribution in [0.25, 0.3) is 0 Å². The maximum absolute atomic E-state index is 13.5. The van der Waals surface area contributed by atoms with E-state index in [9.17, 15) is 18.3 Å². The maximum Gasteiger partial charge on any atom is 0.159 e. The molecule has 0 saturated heterocycles. The quantitative estimate of drug-likeness (QED) is 0.898. The lowest BCUT2D eigenvalue weighted by atomic mass is 10.1. The van der Waals surface area contributed by atoms with E-state index in [0.717, 1.165) is 17.7 Å². The number of hydrogen-bond donors (Lipinski definition) is 2. The fourth-order valence-electron chi connectivity index (χ4n) is 1.82. The molecule has 2 aromatic rings. The van der Waals surface area contributed by atoms with Crippen molar-refractivity contribution in [3.63, 3.8) is 0 Å². The van der Waals surface area contributed by atoms with E-state index < -0.39 is 23.6 Å². The average molecular weight is 281 g/mol. The van der Waals surface area contributed by atoms with Gasteiger partial charge >= 0.3 is 0 Å². The van der Waals surface area contributed by atoms with E-state index in [2.05, 4.69) is 5.32 Å². The third kappa shape index (κ3) is 3.30. The first-order valence-electron chi connectivity index (χ1n) is 6.10. The van der Waals surface area contributed by atoms with Crippen LogP contribution >= 0.6 is 0 Å². The highest BCUT2D eigenvalue weighted by Crippen LogP contribution is 2.19. The van der Waals surface area contributed by atoms with Gasteiger partial charge in [-0.15, -0.1) is 0 Å². The van der Waals surface area contributed by atoms with Gasteiger partial charge in [0.1, 0.15) is 5.82 Å².